The van der Waals surface area contributed by atoms with Crippen LogP contribution in [-0.2, 0) is 4.74 Å². The van der Waals surface area contributed by atoms with Gasteiger partial charge in [0, 0.05) is 5.56 Å². The van der Waals surface area contributed by atoms with Gasteiger partial charge >= 0.3 is 5.97 Å². The first-order valence-electron chi connectivity index (χ1n) is 7.21. The highest BCUT2D eigenvalue weighted by Crippen LogP contribution is 2.39. The molecule has 0 aliphatic carbocycles. The minimum Gasteiger partial charge on any atom is -0.451 e. The largest absolute Gasteiger partial charge is 0.451 e. The van der Waals surface area contributed by atoms with Crippen LogP contribution >= 0.6 is 0 Å². The van der Waals surface area contributed by atoms with Gasteiger partial charge in [0.15, 0.2) is 6.10 Å². The molecule has 0 saturated heterocycles. The molecule has 0 fully saturated rings. The van der Waals surface area contributed by atoms with Gasteiger partial charge in [-0.05, 0) is 28.5 Å². The van der Waals surface area contributed by atoms with E-state index in [9.17, 15) is 9.90 Å². The Labute approximate surface area is 127 Å². The Morgan fingerprint density at radius 1 is 0.909 bits per heavy atom. The number of benzene rings is 3. The van der Waals surface area contributed by atoms with Crippen molar-refractivity contribution in [3.63, 3.8) is 0 Å². The highest BCUT2D eigenvalue weighted by Gasteiger charge is 2.36. The lowest BCUT2D eigenvalue weighted by atomic mass is 9.95. The van der Waals surface area contributed by atoms with Gasteiger partial charge in [-0.3, -0.25) is 0 Å². The van der Waals surface area contributed by atoms with Crippen LogP contribution in [0.25, 0.3) is 10.8 Å². The number of cyclic esters (lactones) is 1. The molecule has 1 aliphatic heterocycles. The van der Waals surface area contributed by atoms with Crippen LogP contribution < -0.4 is 0 Å². The molecule has 2 atom stereocenters. The van der Waals surface area contributed by atoms with E-state index in [1.807, 2.05) is 54.6 Å². The molecule has 0 saturated carbocycles. The van der Waals surface area contributed by atoms with Gasteiger partial charge in [-0.25, -0.2) is 4.79 Å². The molecule has 3 aromatic rings. The Kier molecular flexibility index (Phi) is 2.94. The van der Waals surface area contributed by atoms with Gasteiger partial charge in [-0.1, -0.05) is 54.6 Å². The van der Waals surface area contributed by atoms with Crippen molar-refractivity contribution in [2.75, 3.05) is 0 Å². The van der Waals surface area contributed by atoms with Crippen LogP contribution in [0.2, 0.25) is 0 Å². The summed E-state index contributed by atoms with van der Waals surface area (Å²) >= 11 is 0. The third kappa shape index (κ3) is 1.98. The summed E-state index contributed by atoms with van der Waals surface area (Å²) in [7, 11) is 0. The van der Waals surface area contributed by atoms with E-state index in [0.717, 1.165) is 21.9 Å². The summed E-state index contributed by atoms with van der Waals surface area (Å²) in [4.78, 5) is 11.9. The highest BCUT2D eigenvalue weighted by molar-refractivity contribution is 5.94. The van der Waals surface area contributed by atoms with E-state index in [1.165, 1.54) is 0 Å². The first-order valence-corrected chi connectivity index (χ1v) is 7.21. The Morgan fingerprint density at radius 3 is 2.50 bits per heavy atom. The predicted octanol–water partition coefficient (Wildman–Crippen LogP) is 3.78. The van der Waals surface area contributed by atoms with Crippen molar-refractivity contribution in [2.24, 2.45) is 0 Å². The Hall–Kier alpha value is -2.65. The summed E-state index contributed by atoms with van der Waals surface area (Å²) in [5.41, 5.74) is 2.02. The van der Waals surface area contributed by atoms with Gasteiger partial charge in [-0.2, -0.15) is 0 Å². The topological polar surface area (TPSA) is 46.5 Å². The molecular formula is C19H14O3. The van der Waals surface area contributed by atoms with Crippen LogP contribution in [0.4, 0.5) is 0 Å². The molecule has 0 aromatic heterocycles. The van der Waals surface area contributed by atoms with E-state index in [4.69, 9.17) is 4.74 Å². The van der Waals surface area contributed by atoms with Crippen LogP contribution in [0.1, 0.15) is 33.7 Å². The number of fused-ring (bicyclic) bond motifs is 2. The smallest absolute Gasteiger partial charge is 0.339 e. The van der Waals surface area contributed by atoms with Gasteiger partial charge in [0.25, 0.3) is 0 Å². The lowest BCUT2D eigenvalue weighted by molar-refractivity contribution is -0.0102. The van der Waals surface area contributed by atoms with Gasteiger partial charge in [0.2, 0.25) is 0 Å². The highest BCUT2D eigenvalue weighted by atomic mass is 16.6. The fourth-order valence-corrected chi connectivity index (χ4v) is 2.97. The summed E-state index contributed by atoms with van der Waals surface area (Å²) in [6.07, 6.45) is -1.53. The zero-order valence-electron chi connectivity index (χ0n) is 11.8. The predicted molar refractivity (Wildman–Crippen MR) is 83.5 cm³/mol. The molecule has 3 heteroatoms. The molecule has 108 valence electrons. The average Bonchev–Trinajstić information content (AvgIpc) is 2.91. The van der Waals surface area contributed by atoms with Crippen molar-refractivity contribution in [1.82, 2.24) is 0 Å². The number of aliphatic hydroxyl groups excluding tert-OH is 1. The number of hydrogen-bond donors (Lipinski definition) is 1. The van der Waals surface area contributed by atoms with Crippen LogP contribution in [0.5, 0.6) is 0 Å². The van der Waals surface area contributed by atoms with Crippen molar-refractivity contribution < 1.29 is 14.6 Å². The maximum Gasteiger partial charge on any atom is 0.339 e. The molecule has 0 amide bonds. The third-order valence-corrected chi connectivity index (χ3v) is 4.12. The number of esters is 1. The fraction of sp³-hybridized carbons (Fsp3) is 0.105. The molecule has 0 unspecified atom stereocenters. The molecule has 0 radical (unpaired) electrons. The zero-order valence-corrected chi connectivity index (χ0v) is 11.8. The average molecular weight is 290 g/mol. The monoisotopic (exact) mass is 290 g/mol. The van der Waals surface area contributed by atoms with Crippen LogP contribution in [0, 0.1) is 0 Å². The van der Waals surface area contributed by atoms with Gasteiger partial charge < -0.3 is 9.84 Å². The Balaban J connectivity index is 1.75. The summed E-state index contributed by atoms with van der Waals surface area (Å²) in [6.45, 7) is 0. The zero-order chi connectivity index (χ0) is 15.1. The molecule has 0 bridgehead atoms. The van der Waals surface area contributed by atoms with Crippen molar-refractivity contribution in [2.45, 2.75) is 12.2 Å². The molecule has 4 rings (SSSR count). The SMILES string of the molecule is O=C1O[C@H]([C@@H](O)c2ccc3ccccc3c2)c2ccccc21. The number of hydrogen-bond acceptors (Lipinski definition) is 3. The van der Waals surface area contributed by atoms with E-state index < -0.39 is 12.2 Å². The van der Waals surface area contributed by atoms with Crippen molar-refractivity contribution >= 4 is 16.7 Å². The maximum atomic E-state index is 11.9. The number of carbonyl (C=O) groups excluding carboxylic acids is 1. The minimum atomic E-state index is -0.878. The molecule has 3 nitrogen and oxygen atoms in total. The summed E-state index contributed by atoms with van der Waals surface area (Å²) in [5.74, 6) is -0.375. The van der Waals surface area contributed by atoms with Crippen molar-refractivity contribution in [3.05, 3.63) is 83.4 Å². The van der Waals surface area contributed by atoms with E-state index >= 15 is 0 Å². The number of rotatable bonds is 2. The summed E-state index contributed by atoms with van der Waals surface area (Å²) in [5, 5.41) is 12.8. The minimum absolute atomic E-state index is 0.375. The van der Waals surface area contributed by atoms with E-state index in [-0.39, 0.29) is 5.97 Å². The lowest BCUT2D eigenvalue weighted by Gasteiger charge is -2.19. The second-order valence-corrected chi connectivity index (χ2v) is 5.46. The third-order valence-electron chi connectivity index (χ3n) is 4.12. The van der Waals surface area contributed by atoms with Crippen molar-refractivity contribution in [1.29, 1.82) is 0 Å². The van der Waals surface area contributed by atoms with Gasteiger partial charge in [0.1, 0.15) is 6.10 Å². The lowest BCUT2D eigenvalue weighted by Crippen LogP contribution is -2.10. The van der Waals surface area contributed by atoms with Gasteiger partial charge in [0.05, 0.1) is 5.56 Å². The second kappa shape index (κ2) is 4.97. The quantitative estimate of drug-likeness (QED) is 0.730. The Morgan fingerprint density at radius 2 is 1.64 bits per heavy atom. The standard InChI is InChI=1S/C19H14O3/c20-17(14-10-9-12-5-1-2-6-13(12)11-14)18-15-7-3-4-8-16(15)19(21)22-18/h1-11,17-18,20H/t17-,18-/m0/s1. The van der Waals surface area contributed by atoms with E-state index in [0.29, 0.717) is 5.56 Å². The maximum absolute atomic E-state index is 11.9. The van der Waals surface area contributed by atoms with E-state index in [1.54, 1.807) is 12.1 Å². The molecule has 1 aliphatic rings. The first kappa shape index (κ1) is 13.0. The van der Waals surface area contributed by atoms with Gasteiger partial charge in [-0.15, -0.1) is 0 Å². The molecular weight excluding hydrogens is 276 g/mol. The van der Waals surface area contributed by atoms with E-state index in [2.05, 4.69) is 0 Å². The normalized spacial score (nSPS) is 18.0. The van der Waals surface area contributed by atoms with Crippen molar-refractivity contribution in [3.8, 4) is 0 Å². The summed E-state index contributed by atoms with van der Waals surface area (Å²) in [6, 6.07) is 21.0. The Bertz CT molecular complexity index is 869. The second-order valence-electron chi connectivity index (χ2n) is 5.46. The molecule has 0 spiro atoms. The first-order chi connectivity index (χ1) is 10.7. The number of carbonyl (C=O) groups is 1. The van der Waals surface area contributed by atoms with Crippen LogP contribution in [-0.4, -0.2) is 11.1 Å². The molecule has 3 aromatic carbocycles. The van der Waals surface area contributed by atoms with Crippen LogP contribution in [0.3, 0.4) is 0 Å². The fourth-order valence-electron chi connectivity index (χ4n) is 2.97. The molecule has 1 N–H and O–H groups in total. The van der Waals surface area contributed by atoms with Crippen LogP contribution in [0.15, 0.2) is 66.7 Å². The molecule has 22 heavy (non-hydrogen) atoms. The number of aliphatic hydroxyl groups is 1. The summed E-state index contributed by atoms with van der Waals surface area (Å²) < 4.78 is 5.37. The number of ether oxygens (including phenoxy) is 1. The molecule has 1 heterocycles.